The number of nitrogens with zero attached hydrogens (tertiary/aromatic N) is 4. The molecule has 0 aliphatic heterocycles. The summed E-state index contributed by atoms with van der Waals surface area (Å²) in [4.78, 5) is 13.7. The molecule has 4 heterocycles. The van der Waals surface area contributed by atoms with Gasteiger partial charge < -0.3 is 4.57 Å². The highest BCUT2D eigenvalue weighted by Gasteiger charge is 2.36. The minimum absolute atomic E-state index is 0.154. The topological polar surface area (TPSA) is 43.6 Å². The van der Waals surface area contributed by atoms with Gasteiger partial charge in [0.2, 0.25) is 0 Å². The molecule has 4 aromatic heterocycles. The van der Waals surface area contributed by atoms with Gasteiger partial charge in [0.05, 0.1) is 34.0 Å². The van der Waals surface area contributed by atoms with Gasteiger partial charge in [-0.05, 0) is 111 Å². The van der Waals surface area contributed by atoms with Crippen LogP contribution >= 0.6 is 0 Å². The summed E-state index contributed by atoms with van der Waals surface area (Å²) in [5.41, 5.74) is 17.8. The molecule has 4 heteroatoms. The Bertz CT molecular complexity index is 3060. The molecule has 0 fully saturated rings. The highest BCUT2D eigenvalue weighted by Crippen LogP contribution is 2.51. The monoisotopic (exact) mass is 690 g/mol. The van der Waals surface area contributed by atoms with E-state index in [4.69, 9.17) is 0 Å². The average molecular weight is 691 g/mol. The number of aromatic nitrogens is 4. The summed E-state index contributed by atoms with van der Waals surface area (Å²) in [6.07, 6.45) is 7.46. The van der Waals surface area contributed by atoms with Gasteiger partial charge in [-0.3, -0.25) is 15.0 Å². The number of benzene rings is 6. The molecule has 0 amide bonds. The molecule has 254 valence electrons. The van der Waals surface area contributed by atoms with E-state index in [1.165, 1.54) is 71.9 Å². The minimum Gasteiger partial charge on any atom is -0.308 e. The first-order chi connectivity index (χ1) is 26.5. The summed E-state index contributed by atoms with van der Waals surface area (Å²) in [6, 6.07) is 53.1. The van der Waals surface area contributed by atoms with Crippen LogP contribution in [-0.4, -0.2) is 19.5 Å². The Hall–Kier alpha value is -6.91. The molecule has 0 spiro atoms. The molecule has 0 atom stereocenters. The Morgan fingerprint density at radius 2 is 1.00 bits per heavy atom. The maximum Gasteiger partial charge on any atom is 0.0730 e. The van der Waals surface area contributed by atoms with Crippen molar-refractivity contribution < 1.29 is 0 Å². The van der Waals surface area contributed by atoms with E-state index in [2.05, 4.69) is 161 Å². The lowest BCUT2D eigenvalue weighted by molar-refractivity contribution is 0.661. The predicted molar refractivity (Wildman–Crippen MR) is 223 cm³/mol. The molecule has 0 radical (unpaired) electrons. The molecule has 1 aliphatic carbocycles. The van der Waals surface area contributed by atoms with Crippen LogP contribution in [0.25, 0.3) is 93.8 Å². The maximum atomic E-state index is 4.66. The average Bonchev–Trinajstić information content (AvgIpc) is 3.67. The summed E-state index contributed by atoms with van der Waals surface area (Å²) in [5, 5.41) is 4.76. The van der Waals surface area contributed by atoms with Gasteiger partial charge in [0.25, 0.3) is 0 Å². The summed E-state index contributed by atoms with van der Waals surface area (Å²) >= 11 is 0. The van der Waals surface area contributed by atoms with Crippen LogP contribution in [-0.2, 0) is 5.41 Å². The van der Waals surface area contributed by atoms with Crippen LogP contribution in [0.3, 0.4) is 0 Å². The third kappa shape index (κ3) is 4.53. The van der Waals surface area contributed by atoms with Crippen molar-refractivity contribution in [3.8, 4) is 50.2 Å². The molecule has 1 aliphatic rings. The van der Waals surface area contributed by atoms with Crippen molar-refractivity contribution in [3.05, 3.63) is 182 Å². The molecule has 0 unspecified atom stereocenters. The van der Waals surface area contributed by atoms with Gasteiger partial charge in [-0.15, -0.1) is 0 Å². The number of pyridine rings is 3. The van der Waals surface area contributed by atoms with Gasteiger partial charge >= 0.3 is 0 Å². The molecule has 6 aromatic carbocycles. The third-order valence-electron chi connectivity index (χ3n) is 11.6. The Balaban J connectivity index is 0.959. The highest BCUT2D eigenvalue weighted by molar-refractivity contribution is 6.11. The van der Waals surface area contributed by atoms with E-state index in [0.29, 0.717) is 0 Å². The zero-order valence-electron chi connectivity index (χ0n) is 30.0. The number of fused-ring (bicyclic) bond motifs is 8. The fraction of sp³-hybridized carbons (Fsp3) is 0.0600. The largest absolute Gasteiger partial charge is 0.308 e. The van der Waals surface area contributed by atoms with Gasteiger partial charge in [-0.1, -0.05) is 98.8 Å². The Labute approximate surface area is 313 Å². The van der Waals surface area contributed by atoms with Crippen molar-refractivity contribution in [1.82, 2.24) is 19.5 Å². The van der Waals surface area contributed by atoms with Gasteiger partial charge in [-0.25, -0.2) is 0 Å². The van der Waals surface area contributed by atoms with Crippen LogP contribution < -0.4 is 0 Å². The van der Waals surface area contributed by atoms with Crippen molar-refractivity contribution in [2.24, 2.45) is 0 Å². The van der Waals surface area contributed by atoms with Crippen molar-refractivity contribution in [1.29, 1.82) is 0 Å². The van der Waals surface area contributed by atoms with Crippen LogP contribution in [0.15, 0.2) is 170 Å². The predicted octanol–water partition coefficient (Wildman–Crippen LogP) is 12.6. The summed E-state index contributed by atoms with van der Waals surface area (Å²) < 4.78 is 2.32. The second-order valence-electron chi connectivity index (χ2n) is 14.9. The van der Waals surface area contributed by atoms with Gasteiger partial charge in [0, 0.05) is 51.1 Å². The molecule has 0 saturated carbocycles. The van der Waals surface area contributed by atoms with E-state index in [-0.39, 0.29) is 5.41 Å². The van der Waals surface area contributed by atoms with E-state index in [1.807, 2.05) is 43.0 Å². The lowest BCUT2D eigenvalue weighted by Gasteiger charge is -2.22. The van der Waals surface area contributed by atoms with Crippen LogP contribution in [0.5, 0.6) is 0 Å². The summed E-state index contributed by atoms with van der Waals surface area (Å²) in [5.74, 6) is 0. The van der Waals surface area contributed by atoms with Crippen molar-refractivity contribution in [3.63, 3.8) is 0 Å². The van der Waals surface area contributed by atoms with Crippen LogP contribution in [0.1, 0.15) is 25.0 Å². The molecule has 11 rings (SSSR count). The van der Waals surface area contributed by atoms with Gasteiger partial charge in [0.1, 0.15) is 0 Å². The summed E-state index contributed by atoms with van der Waals surface area (Å²) in [7, 11) is 0. The molecule has 4 nitrogen and oxygen atoms in total. The SMILES string of the molecule is CC1(C)c2cc(-c3ccc(-c4c5cccnc5cc5ncccc45)cc3)ccc2-c2ccc(-c3ccc4c(c3)c3ccccc3n4-c3cccnc3)cc21. The molecule has 10 aromatic rings. The Kier molecular flexibility index (Phi) is 6.56. The first-order valence-electron chi connectivity index (χ1n) is 18.5. The fourth-order valence-corrected chi connectivity index (χ4v) is 8.92. The molecular weight excluding hydrogens is 657 g/mol. The van der Waals surface area contributed by atoms with E-state index in [1.54, 1.807) is 0 Å². The summed E-state index contributed by atoms with van der Waals surface area (Å²) in [6.45, 7) is 4.74. The van der Waals surface area contributed by atoms with Crippen LogP contribution in [0.2, 0.25) is 0 Å². The van der Waals surface area contributed by atoms with E-state index in [0.717, 1.165) is 33.1 Å². The molecule has 0 N–H and O–H groups in total. The molecule has 0 bridgehead atoms. The minimum atomic E-state index is -0.154. The van der Waals surface area contributed by atoms with Crippen LogP contribution in [0.4, 0.5) is 0 Å². The van der Waals surface area contributed by atoms with Gasteiger partial charge in [0.15, 0.2) is 0 Å². The Morgan fingerprint density at radius 1 is 0.444 bits per heavy atom. The van der Waals surface area contributed by atoms with Gasteiger partial charge in [-0.2, -0.15) is 0 Å². The van der Waals surface area contributed by atoms with Crippen molar-refractivity contribution in [2.75, 3.05) is 0 Å². The number of hydrogen-bond acceptors (Lipinski definition) is 3. The lowest BCUT2D eigenvalue weighted by Crippen LogP contribution is -2.15. The maximum absolute atomic E-state index is 4.66. The molecule has 0 saturated heterocycles. The van der Waals surface area contributed by atoms with Crippen molar-refractivity contribution in [2.45, 2.75) is 19.3 Å². The number of rotatable bonds is 4. The number of hydrogen-bond donors (Lipinski definition) is 0. The first kappa shape index (κ1) is 30.7. The molecule has 54 heavy (non-hydrogen) atoms. The lowest BCUT2D eigenvalue weighted by atomic mass is 9.80. The van der Waals surface area contributed by atoms with Crippen molar-refractivity contribution >= 4 is 43.6 Å². The second kappa shape index (κ2) is 11.5. The zero-order chi connectivity index (χ0) is 36.0. The third-order valence-corrected chi connectivity index (χ3v) is 11.6. The van der Waals surface area contributed by atoms with E-state index < -0.39 is 0 Å². The normalized spacial score (nSPS) is 13.1. The quantitative estimate of drug-likeness (QED) is 0.173. The molecular formula is C50H34N4. The number of para-hydroxylation sites is 1. The smallest absolute Gasteiger partial charge is 0.0730 e. The zero-order valence-corrected chi connectivity index (χ0v) is 30.0. The standard InChI is InChI=1S/C50H34N4/c1-50(2)43-27-34(31-13-15-32(16-14-31)49-40-10-6-24-52-45(40)29-46-41(49)11-7-25-53-46)17-20-37(43)38-21-18-35(28-44(38)50)33-19-22-48-42(26-33)39-9-3-4-12-47(39)54(48)36-8-5-23-51-30-36/h3-30H,1-2H3. The fourth-order valence-electron chi connectivity index (χ4n) is 8.92. The second-order valence-corrected chi connectivity index (χ2v) is 14.9. The highest BCUT2D eigenvalue weighted by atomic mass is 15.0. The van der Waals surface area contributed by atoms with E-state index in [9.17, 15) is 0 Å². The first-order valence-corrected chi connectivity index (χ1v) is 18.5. The van der Waals surface area contributed by atoms with Crippen LogP contribution in [0, 0.1) is 0 Å². The van der Waals surface area contributed by atoms with E-state index >= 15 is 0 Å². The Morgan fingerprint density at radius 3 is 1.69 bits per heavy atom.